The Morgan fingerprint density at radius 2 is 1.16 bits per heavy atom. The van der Waals surface area contributed by atoms with Crippen LogP contribution in [0, 0.1) is 0 Å². The minimum absolute atomic E-state index is 0.0605. The first kappa shape index (κ1) is 28.9. The molecule has 0 radical (unpaired) electrons. The molecule has 10 rings (SSSR count). The second-order valence-electron chi connectivity index (χ2n) is 13.6. The molecule has 1 aromatic heterocycles. The van der Waals surface area contributed by atoms with Gasteiger partial charge in [0.25, 0.3) is 0 Å². The van der Waals surface area contributed by atoms with Gasteiger partial charge in [-0.25, -0.2) is 9.97 Å². The number of hydrogen-bond acceptors (Lipinski definition) is 3. The highest BCUT2D eigenvalue weighted by Gasteiger charge is 2.25. The van der Waals surface area contributed by atoms with Crippen molar-refractivity contribution < 1.29 is 0 Å². The zero-order chi connectivity index (χ0) is 33.0. The second kappa shape index (κ2) is 11.8. The monoisotopic (exact) mass is 641 g/mol. The summed E-state index contributed by atoms with van der Waals surface area (Å²) < 4.78 is 0. The molecular weight excluding hydrogens is 607 g/mol. The molecule has 7 aromatic rings. The van der Waals surface area contributed by atoms with E-state index >= 15 is 0 Å². The van der Waals surface area contributed by atoms with Gasteiger partial charge in [-0.15, -0.1) is 0 Å². The molecule has 1 N–H and O–H groups in total. The van der Waals surface area contributed by atoms with Crippen molar-refractivity contribution in [3.05, 3.63) is 180 Å². The molecule has 2 unspecified atom stereocenters. The smallest absolute Gasteiger partial charge is 0.136 e. The molecule has 0 fully saturated rings. The minimum atomic E-state index is 0.0605. The van der Waals surface area contributed by atoms with Crippen molar-refractivity contribution in [2.75, 3.05) is 0 Å². The third kappa shape index (κ3) is 4.81. The Hall–Kier alpha value is -6.06. The average molecular weight is 642 g/mol. The van der Waals surface area contributed by atoms with Crippen LogP contribution in [0.3, 0.4) is 0 Å². The van der Waals surface area contributed by atoms with Crippen LogP contribution in [0.25, 0.3) is 65.6 Å². The number of aromatic nitrogens is 2. The normalized spacial score (nSPS) is 18.5. The van der Waals surface area contributed by atoms with Crippen molar-refractivity contribution in [1.29, 1.82) is 0 Å². The maximum Gasteiger partial charge on any atom is 0.136 e. The predicted octanol–water partition coefficient (Wildman–Crippen LogP) is 11.5. The fraction of sp³-hybridized carbons (Fsp3) is 0.106. The van der Waals surface area contributed by atoms with E-state index < -0.39 is 0 Å². The van der Waals surface area contributed by atoms with Gasteiger partial charge in [-0.1, -0.05) is 127 Å². The standard InChI is InChI=1S/C47H35N3/c1-6-16-37-30(11-1)25-26-48-46(37)31-21-23-32(24-22-31)47-49-44(42-27-33-12-2-4-14-35(33)38-17-7-9-19-40(38)42)29-45(50-47)43-28-34-13-3-5-15-36(34)39-18-8-10-20-41(39)43/h2-10,12-23,25-29,32,46,48H,1,11,24H2. The SMILES string of the molecule is C1=CC2=C(C=CNC2C2=CCC(c3nc(-c4cc5ccccc5c5ccccc45)cc(-c4cc5ccccc5c5ccccc45)n3)C=C2)CC1. The Labute approximate surface area is 291 Å². The molecule has 2 aliphatic carbocycles. The summed E-state index contributed by atoms with van der Waals surface area (Å²) in [6, 6.07) is 41.8. The Balaban J connectivity index is 1.15. The lowest BCUT2D eigenvalue weighted by Gasteiger charge is -2.29. The lowest BCUT2D eigenvalue weighted by atomic mass is 9.84. The van der Waals surface area contributed by atoms with Crippen LogP contribution in [0.1, 0.15) is 31.0 Å². The highest BCUT2D eigenvalue weighted by Crippen LogP contribution is 2.40. The number of hydrogen-bond donors (Lipinski definition) is 1. The summed E-state index contributed by atoms with van der Waals surface area (Å²) >= 11 is 0. The van der Waals surface area contributed by atoms with Crippen LogP contribution in [0.15, 0.2) is 175 Å². The zero-order valence-electron chi connectivity index (χ0n) is 27.7. The third-order valence-electron chi connectivity index (χ3n) is 10.7. The number of benzene rings is 6. The van der Waals surface area contributed by atoms with Gasteiger partial charge in [0.05, 0.1) is 17.4 Å². The largest absolute Gasteiger partial charge is 0.380 e. The summed E-state index contributed by atoms with van der Waals surface area (Å²) in [5.41, 5.74) is 8.31. The van der Waals surface area contributed by atoms with E-state index in [0.717, 1.165) is 47.6 Å². The van der Waals surface area contributed by atoms with E-state index in [0.29, 0.717) is 0 Å². The van der Waals surface area contributed by atoms with E-state index in [1.54, 1.807) is 0 Å². The Morgan fingerprint density at radius 3 is 1.76 bits per heavy atom. The summed E-state index contributed by atoms with van der Waals surface area (Å²) in [6.45, 7) is 0. The Kier molecular flexibility index (Phi) is 6.83. The van der Waals surface area contributed by atoms with E-state index in [4.69, 9.17) is 9.97 Å². The van der Waals surface area contributed by atoms with Gasteiger partial charge in [-0.2, -0.15) is 0 Å². The molecule has 3 heteroatoms. The highest BCUT2D eigenvalue weighted by molar-refractivity contribution is 6.15. The first-order valence-electron chi connectivity index (χ1n) is 17.7. The van der Waals surface area contributed by atoms with E-state index in [1.165, 1.54) is 59.8 Å². The van der Waals surface area contributed by atoms with Crippen molar-refractivity contribution in [1.82, 2.24) is 15.3 Å². The molecule has 2 atom stereocenters. The molecule has 0 saturated carbocycles. The number of allylic oxidation sites excluding steroid dienone is 5. The molecule has 2 heterocycles. The molecule has 0 bridgehead atoms. The van der Waals surface area contributed by atoms with Crippen LogP contribution < -0.4 is 5.32 Å². The maximum absolute atomic E-state index is 5.42. The average Bonchev–Trinajstić information content (AvgIpc) is 3.20. The van der Waals surface area contributed by atoms with E-state index in [9.17, 15) is 0 Å². The molecule has 238 valence electrons. The molecule has 0 spiro atoms. The Morgan fingerprint density at radius 1 is 0.580 bits per heavy atom. The number of rotatable bonds is 4. The molecule has 1 aliphatic heterocycles. The second-order valence-corrected chi connectivity index (χ2v) is 13.6. The number of nitrogens with zero attached hydrogens (tertiary/aromatic N) is 2. The molecule has 3 nitrogen and oxygen atoms in total. The molecular formula is C47H35N3. The fourth-order valence-electron chi connectivity index (χ4n) is 8.25. The van der Waals surface area contributed by atoms with Crippen LogP contribution >= 0.6 is 0 Å². The van der Waals surface area contributed by atoms with E-state index in [1.807, 2.05) is 0 Å². The van der Waals surface area contributed by atoms with Gasteiger partial charge in [0.1, 0.15) is 5.82 Å². The van der Waals surface area contributed by atoms with Gasteiger partial charge in [-0.3, -0.25) is 0 Å². The summed E-state index contributed by atoms with van der Waals surface area (Å²) in [7, 11) is 0. The number of dihydropyridines is 1. The summed E-state index contributed by atoms with van der Waals surface area (Å²) in [5.74, 6) is 0.915. The van der Waals surface area contributed by atoms with E-state index in [-0.39, 0.29) is 12.0 Å². The zero-order valence-corrected chi connectivity index (χ0v) is 27.7. The molecule has 0 saturated heterocycles. The maximum atomic E-state index is 5.42. The van der Waals surface area contributed by atoms with Gasteiger partial charge in [0.15, 0.2) is 0 Å². The quantitative estimate of drug-likeness (QED) is 0.194. The van der Waals surface area contributed by atoms with Crippen LogP contribution in [0.4, 0.5) is 0 Å². The first-order chi connectivity index (χ1) is 24.8. The van der Waals surface area contributed by atoms with Crippen molar-refractivity contribution in [2.45, 2.75) is 31.2 Å². The van der Waals surface area contributed by atoms with Crippen molar-refractivity contribution in [3.63, 3.8) is 0 Å². The summed E-state index contributed by atoms with van der Waals surface area (Å²) in [6.07, 6.45) is 19.0. The highest BCUT2D eigenvalue weighted by atomic mass is 14.9. The number of fused-ring (bicyclic) bond motifs is 6. The van der Waals surface area contributed by atoms with E-state index in [2.05, 4.69) is 163 Å². The molecule has 50 heavy (non-hydrogen) atoms. The van der Waals surface area contributed by atoms with Gasteiger partial charge >= 0.3 is 0 Å². The minimum Gasteiger partial charge on any atom is -0.380 e. The lowest BCUT2D eigenvalue weighted by molar-refractivity contribution is 0.712. The summed E-state index contributed by atoms with van der Waals surface area (Å²) in [5, 5.41) is 13.4. The fourth-order valence-corrected chi connectivity index (χ4v) is 8.25. The van der Waals surface area contributed by atoms with Crippen LogP contribution in [0.2, 0.25) is 0 Å². The molecule has 3 aliphatic rings. The molecule has 6 aromatic carbocycles. The Bertz CT molecular complexity index is 2530. The van der Waals surface area contributed by atoms with Crippen LogP contribution in [0.5, 0.6) is 0 Å². The van der Waals surface area contributed by atoms with Crippen LogP contribution in [-0.4, -0.2) is 16.0 Å². The molecule has 0 amide bonds. The summed E-state index contributed by atoms with van der Waals surface area (Å²) in [4.78, 5) is 10.8. The topological polar surface area (TPSA) is 37.8 Å². The van der Waals surface area contributed by atoms with Gasteiger partial charge in [-0.05, 0) is 110 Å². The van der Waals surface area contributed by atoms with Gasteiger partial charge < -0.3 is 5.32 Å². The van der Waals surface area contributed by atoms with Crippen molar-refractivity contribution >= 4 is 43.1 Å². The first-order valence-corrected chi connectivity index (χ1v) is 17.7. The van der Waals surface area contributed by atoms with Crippen LogP contribution in [-0.2, 0) is 0 Å². The van der Waals surface area contributed by atoms with Crippen molar-refractivity contribution in [2.24, 2.45) is 0 Å². The van der Waals surface area contributed by atoms with Gasteiger partial charge in [0.2, 0.25) is 0 Å². The third-order valence-corrected chi connectivity index (χ3v) is 10.7. The number of nitrogens with one attached hydrogen (secondary N) is 1. The lowest BCUT2D eigenvalue weighted by Crippen LogP contribution is -2.32. The van der Waals surface area contributed by atoms with Gasteiger partial charge in [0, 0.05) is 17.0 Å². The van der Waals surface area contributed by atoms with Crippen molar-refractivity contribution in [3.8, 4) is 22.5 Å². The predicted molar refractivity (Wildman–Crippen MR) is 209 cm³/mol.